The highest BCUT2D eigenvalue weighted by molar-refractivity contribution is 6.46. The number of ether oxygens (including phenoxy) is 3. The minimum atomic E-state index is -0.805. The second kappa shape index (κ2) is 14.6. The number of likely N-dealkylation sites (tertiary alicyclic amines) is 1. The van der Waals surface area contributed by atoms with Crippen LogP contribution in [0.1, 0.15) is 83.0 Å². The van der Waals surface area contributed by atoms with Crippen LogP contribution in [0.4, 0.5) is 0 Å². The Hall–Kier alpha value is -3.52. The average molecular weight is 579 g/mol. The SMILES string of the molecule is CCCCCOc1ccc(C2/C(=C(\[O-])c3ccc4c(c3)CC(C)O4)C(=O)C(=O)N2CCC[NH+](CC)CC)cc1OCC. The molecule has 1 fully saturated rings. The van der Waals surface area contributed by atoms with Gasteiger partial charge in [-0.25, -0.2) is 0 Å². The van der Waals surface area contributed by atoms with Crippen LogP contribution >= 0.6 is 0 Å². The minimum Gasteiger partial charge on any atom is -0.872 e. The van der Waals surface area contributed by atoms with Crippen LogP contribution in [0, 0.1) is 0 Å². The van der Waals surface area contributed by atoms with Crippen molar-refractivity contribution in [2.24, 2.45) is 0 Å². The fraction of sp³-hybridized carbons (Fsp3) is 0.529. The molecule has 42 heavy (non-hydrogen) atoms. The van der Waals surface area contributed by atoms with Crippen LogP contribution in [0.3, 0.4) is 0 Å². The van der Waals surface area contributed by atoms with Gasteiger partial charge in [0.05, 0.1) is 38.9 Å². The first kappa shape index (κ1) is 31.4. The number of rotatable bonds is 15. The maximum absolute atomic E-state index is 14.0. The van der Waals surface area contributed by atoms with Crippen molar-refractivity contribution in [3.05, 3.63) is 58.7 Å². The summed E-state index contributed by atoms with van der Waals surface area (Å²) in [6.07, 6.45) is 4.56. The largest absolute Gasteiger partial charge is 0.872 e. The van der Waals surface area contributed by atoms with Gasteiger partial charge in [0.1, 0.15) is 11.9 Å². The molecule has 2 atom stereocenters. The van der Waals surface area contributed by atoms with Crippen LogP contribution in [-0.2, 0) is 16.0 Å². The summed E-state index contributed by atoms with van der Waals surface area (Å²) in [6, 6.07) is 9.96. The number of hydrogen-bond donors (Lipinski definition) is 1. The molecule has 1 N–H and O–H groups in total. The lowest BCUT2D eigenvalue weighted by molar-refractivity contribution is -0.896. The van der Waals surface area contributed by atoms with Crippen LogP contribution in [0.25, 0.3) is 5.76 Å². The van der Waals surface area contributed by atoms with Crippen LogP contribution in [-0.4, -0.2) is 62.1 Å². The number of nitrogens with zero attached hydrogens (tertiary/aromatic N) is 1. The number of carbonyl (C=O) groups is 2. The molecule has 0 bridgehead atoms. The quantitative estimate of drug-likeness (QED) is 0.151. The summed E-state index contributed by atoms with van der Waals surface area (Å²) in [7, 11) is 0. The first-order chi connectivity index (χ1) is 20.3. The van der Waals surface area contributed by atoms with E-state index in [1.54, 1.807) is 23.1 Å². The van der Waals surface area contributed by atoms with Crippen molar-refractivity contribution < 1.29 is 33.8 Å². The van der Waals surface area contributed by atoms with Crippen molar-refractivity contribution in [2.45, 2.75) is 78.9 Å². The minimum absolute atomic E-state index is 0.0128. The van der Waals surface area contributed by atoms with Crippen LogP contribution in [0.5, 0.6) is 17.2 Å². The molecule has 0 spiro atoms. The number of hydrogen-bond acceptors (Lipinski definition) is 6. The fourth-order valence-corrected chi connectivity index (χ4v) is 5.89. The highest BCUT2D eigenvalue weighted by Gasteiger charge is 2.44. The molecule has 1 saturated heterocycles. The second-order valence-corrected chi connectivity index (χ2v) is 11.2. The average Bonchev–Trinajstić information content (AvgIpc) is 3.48. The molecule has 2 aromatic rings. The summed E-state index contributed by atoms with van der Waals surface area (Å²) in [5.41, 5.74) is 1.98. The molecular weight excluding hydrogens is 532 g/mol. The number of unbranched alkanes of at least 4 members (excludes halogenated alkanes) is 2. The smallest absolute Gasteiger partial charge is 0.295 e. The Kier molecular flexibility index (Phi) is 10.9. The maximum Gasteiger partial charge on any atom is 0.295 e. The van der Waals surface area contributed by atoms with E-state index < -0.39 is 23.5 Å². The third kappa shape index (κ3) is 6.92. The molecule has 2 unspecified atom stereocenters. The van der Waals surface area contributed by atoms with Crippen molar-refractivity contribution in [2.75, 3.05) is 39.4 Å². The number of carbonyl (C=O) groups excluding carboxylic acids is 2. The van der Waals surface area contributed by atoms with E-state index in [1.165, 1.54) is 4.90 Å². The highest BCUT2D eigenvalue weighted by Crippen LogP contribution is 2.42. The Morgan fingerprint density at radius 3 is 2.50 bits per heavy atom. The summed E-state index contributed by atoms with van der Waals surface area (Å²) in [5, 5.41) is 14.0. The third-order valence-corrected chi connectivity index (χ3v) is 8.21. The Labute approximate surface area is 250 Å². The predicted molar refractivity (Wildman–Crippen MR) is 161 cm³/mol. The number of nitrogens with one attached hydrogen (secondary N) is 1. The summed E-state index contributed by atoms with van der Waals surface area (Å²) < 4.78 is 17.8. The summed E-state index contributed by atoms with van der Waals surface area (Å²) in [5.74, 6) is 0.129. The molecule has 2 aliphatic rings. The Morgan fingerprint density at radius 1 is 1.00 bits per heavy atom. The number of quaternary nitrogens is 1. The summed E-state index contributed by atoms with van der Waals surface area (Å²) in [6.45, 7) is 14.5. The van der Waals surface area contributed by atoms with Crippen molar-refractivity contribution in [1.29, 1.82) is 0 Å². The Morgan fingerprint density at radius 2 is 1.79 bits per heavy atom. The molecule has 2 heterocycles. The summed E-state index contributed by atoms with van der Waals surface area (Å²) in [4.78, 5) is 30.0. The molecule has 4 rings (SSSR count). The Balaban J connectivity index is 1.74. The number of benzene rings is 2. The fourth-order valence-electron chi connectivity index (χ4n) is 5.89. The van der Waals surface area contributed by atoms with Gasteiger partial charge in [0, 0.05) is 25.0 Å². The van der Waals surface area contributed by atoms with Gasteiger partial charge in [-0.15, -0.1) is 0 Å². The lowest BCUT2D eigenvalue weighted by Gasteiger charge is -2.28. The van der Waals surface area contributed by atoms with Crippen molar-refractivity contribution >= 4 is 17.4 Å². The van der Waals surface area contributed by atoms with Crippen molar-refractivity contribution in [3.8, 4) is 17.2 Å². The standard InChI is InChI=1S/C34H46N2O6/c1-6-10-11-19-41-28-16-13-24(22-29(28)40-9-4)31-30(32(37)25-14-15-27-26(21-25)20-23(5)42-27)33(38)34(39)36(31)18-12-17-35(7-2)8-3/h13-16,21-23,31,37H,6-12,17-20H2,1-5H3/b32-30+. The number of amides is 1. The number of Topliss-reactive ketones (excluding diaryl/α,β-unsaturated/α-hetero) is 1. The van der Waals surface area contributed by atoms with Gasteiger partial charge in [0.15, 0.2) is 11.5 Å². The molecule has 8 nitrogen and oxygen atoms in total. The van der Waals surface area contributed by atoms with Gasteiger partial charge >= 0.3 is 0 Å². The normalized spacial score (nSPS) is 19.3. The van der Waals surface area contributed by atoms with E-state index in [0.29, 0.717) is 48.8 Å². The van der Waals surface area contributed by atoms with Gasteiger partial charge in [-0.1, -0.05) is 37.7 Å². The molecule has 0 aliphatic carbocycles. The molecule has 0 saturated carbocycles. The molecule has 0 radical (unpaired) electrons. The molecule has 2 aromatic carbocycles. The van der Waals surface area contributed by atoms with Crippen LogP contribution < -0.4 is 24.2 Å². The van der Waals surface area contributed by atoms with Gasteiger partial charge in [-0.3, -0.25) is 9.59 Å². The zero-order chi connectivity index (χ0) is 30.2. The first-order valence-corrected chi connectivity index (χ1v) is 15.6. The van der Waals surface area contributed by atoms with Crippen molar-refractivity contribution in [1.82, 2.24) is 4.90 Å². The van der Waals surface area contributed by atoms with Crippen LogP contribution in [0.15, 0.2) is 42.0 Å². The number of ketones is 1. The maximum atomic E-state index is 14.0. The van der Waals surface area contributed by atoms with Gasteiger partial charge in [0.25, 0.3) is 5.91 Å². The van der Waals surface area contributed by atoms with Gasteiger partial charge < -0.3 is 29.1 Å². The number of fused-ring (bicyclic) bond motifs is 1. The second-order valence-electron chi connectivity index (χ2n) is 11.2. The third-order valence-electron chi connectivity index (χ3n) is 8.21. The van der Waals surface area contributed by atoms with Gasteiger partial charge in [-0.05, 0) is 75.1 Å². The van der Waals surface area contributed by atoms with Gasteiger partial charge in [-0.2, -0.15) is 0 Å². The van der Waals surface area contributed by atoms with E-state index in [-0.39, 0.29) is 11.7 Å². The molecule has 2 aliphatic heterocycles. The van der Waals surface area contributed by atoms with Crippen molar-refractivity contribution in [3.63, 3.8) is 0 Å². The van der Waals surface area contributed by atoms with Gasteiger partial charge in [0.2, 0.25) is 5.78 Å². The lowest BCUT2D eigenvalue weighted by Crippen LogP contribution is -3.11. The highest BCUT2D eigenvalue weighted by atomic mass is 16.5. The molecule has 0 aromatic heterocycles. The van der Waals surface area contributed by atoms with E-state index in [4.69, 9.17) is 14.2 Å². The van der Waals surface area contributed by atoms with E-state index >= 15 is 0 Å². The monoisotopic (exact) mass is 578 g/mol. The predicted octanol–water partition coefficient (Wildman–Crippen LogP) is 3.52. The van der Waals surface area contributed by atoms with E-state index in [1.807, 2.05) is 32.0 Å². The van der Waals surface area contributed by atoms with E-state index in [0.717, 1.165) is 56.6 Å². The first-order valence-electron chi connectivity index (χ1n) is 15.6. The molecule has 1 amide bonds. The molecule has 8 heteroatoms. The molecular formula is C34H46N2O6. The van der Waals surface area contributed by atoms with Crippen LogP contribution in [0.2, 0.25) is 0 Å². The summed E-state index contributed by atoms with van der Waals surface area (Å²) >= 11 is 0. The van der Waals surface area contributed by atoms with E-state index in [2.05, 4.69) is 20.8 Å². The lowest BCUT2D eigenvalue weighted by atomic mass is 9.94. The molecule has 228 valence electrons. The zero-order valence-electron chi connectivity index (χ0n) is 25.8. The zero-order valence-corrected chi connectivity index (χ0v) is 25.8. The van der Waals surface area contributed by atoms with E-state index in [9.17, 15) is 14.7 Å². The Bertz CT molecular complexity index is 1280. The topological polar surface area (TPSA) is 92.6 Å².